The van der Waals surface area contributed by atoms with E-state index >= 15 is 0 Å². The van der Waals surface area contributed by atoms with Crippen LogP contribution in [0.4, 0.5) is 5.82 Å². The number of nitrogens with two attached hydrogens (primary N) is 1. The zero-order valence-corrected chi connectivity index (χ0v) is 16.0. The van der Waals surface area contributed by atoms with Crippen LogP contribution in [0.15, 0.2) is 42.5 Å². The Morgan fingerprint density at radius 1 is 1.04 bits per heavy atom. The van der Waals surface area contributed by atoms with Crippen molar-refractivity contribution in [2.45, 2.75) is 37.8 Å². The van der Waals surface area contributed by atoms with Crippen LogP contribution in [0, 0.1) is 0 Å². The molecular weight excluding hydrogens is 354 g/mol. The number of benzene rings is 1. The van der Waals surface area contributed by atoms with Crippen molar-refractivity contribution < 1.29 is 9.53 Å². The molecule has 0 saturated carbocycles. The average Bonchev–Trinajstić information content (AvgIpc) is 3.22. The molecule has 0 spiro atoms. The summed E-state index contributed by atoms with van der Waals surface area (Å²) in [6.45, 7) is 2.91. The largest absolute Gasteiger partial charge is 0.491 e. The lowest BCUT2D eigenvalue weighted by molar-refractivity contribution is 0.0707. The number of ether oxygens (including phenoxy) is 1. The quantitative estimate of drug-likeness (QED) is 0.854. The van der Waals surface area contributed by atoms with Crippen LogP contribution in [0.25, 0.3) is 0 Å². The van der Waals surface area contributed by atoms with E-state index in [0.29, 0.717) is 25.4 Å². The van der Waals surface area contributed by atoms with Crippen molar-refractivity contribution in [2.24, 2.45) is 5.73 Å². The number of rotatable bonds is 5. The molecule has 148 valence electrons. The van der Waals surface area contributed by atoms with Crippen LogP contribution in [-0.2, 0) is 0 Å². The summed E-state index contributed by atoms with van der Waals surface area (Å²) in [4.78, 5) is 16.7. The van der Waals surface area contributed by atoms with Crippen molar-refractivity contribution in [3.63, 3.8) is 0 Å². The van der Waals surface area contributed by atoms with Crippen molar-refractivity contribution in [3.8, 4) is 5.75 Å². The van der Waals surface area contributed by atoms with E-state index in [9.17, 15) is 4.79 Å². The van der Waals surface area contributed by atoms with Gasteiger partial charge in [-0.15, -0.1) is 10.2 Å². The standard InChI is InChI=1S/C21H27N5O2/c22-16-10-13-25(14-11-16)21(27)19-8-9-20(24-23-19)26-12-4-5-17(26)15-28-18-6-2-1-3-7-18/h1-3,6-9,16-17H,4-5,10-15,22H2/t17-/m0/s1. The summed E-state index contributed by atoms with van der Waals surface area (Å²) >= 11 is 0. The van der Waals surface area contributed by atoms with Gasteiger partial charge in [-0.3, -0.25) is 4.79 Å². The summed E-state index contributed by atoms with van der Waals surface area (Å²) in [6, 6.07) is 14.0. The lowest BCUT2D eigenvalue weighted by Gasteiger charge is -2.30. The molecule has 0 unspecified atom stereocenters. The number of amides is 1. The predicted molar refractivity (Wildman–Crippen MR) is 107 cm³/mol. The van der Waals surface area contributed by atoms with Gasteiger partial charge in [0.2, 0.25) is 0 Å². The number of likely N-dealkylation sites (tertiary alicyclic amines) is 1. The number of carbonyl (C=O) groups excluding carboxylic acids is 1. The van der Waals surface area contributed by atoms with Gasteiger partial charge in [0.05, 0.1) is 6.04 Å². The van der Waals surface area contributed by atoms with Gasteiger partial charge >= 0.3 is 0 Å². The van der Waals surface area contributed by atoms with Gasteiger partial charge in [0.15, 0.2) is 11.5 Å². The Morgan fingerprint density at radius 3 is 2.54 bits per heavy atom. The minimum absolute atomic E-state index is 0.0590. The zero-order valence-electron chi connectivity index (χ0n) is 16.0. The van der Waals surface area contributed by atoms with Crippen molar-refractivity contribution in [1.29, 1.82) is 0 Å². The van der Waals surface area contributed by atoms with Gasteiger partial charge in [0.1, 0.15) is 12.4 Å². The topological polar surface area (TPSA) is 84.6 Å². The van der Waals surface area contributed by atoms with Crippen LogP contribution >= 0.6 is 0 Å². The number of para-hydroxylation sites is 1. The van der Waals surface area contributed by atoms with E-state index in [1.54, 1.807) is 6.07 Å². The van der Waals surface area contributed by atoms with Gasteiger partial charge in [-0.05, 0) is 49.9 Å². The van der Waals surface area contributed by atoms with E-state index in [1.165, 1.54) is 0 Å². The van der Waals surface area contributed by atoms with Gasteiger partial charge in [-0.2, -0.15) is 0 Å². The second-order valence-electron chi connectivity index (χ2n) is 7.52. The third-order valence-corrected chi connectivity index (χ3v) is 5.55. The average molecular weight is 381 g/mol. The summed E-state index contributed by atoms with van der Waals surface area (Å²) in [7, 11) is 0. The number of hydrogen-bond donors (Lipinski definition) is 1. The first-order valence-corrected chi connectivity index (χ1v) is 10.0. The molecule has 2 saturated heterocycles. The van der Waals surface area contributed by atoms with Crippen LogP contribution in [0.2, 0.25) is 0 Å². The molecule has 1 aromatic heterocycles. The van der Waals surface area contributed by atoms with Crippen LogP contribution in [-0.4, -0.2) is 59.3 Å². The predicted octanol–water partition coefficient (Wildman–Crippen LogP) is 2.09. The summed E-state index contributed by atoms with van der Waals surface area (Å²) < 4.78 is 5.93. The number of piperidine rings is 1. The molecule has 1 amide bonds. The molecule has 0 bridgehead atoms. The van der Waals surface area contributed by atoms with E-state index in [1.807, 2.05) is 41.3 Å². The first-order valence-electron chi connectivity index (χ1n) is 10.0. The molecule has 2 N–H and O–H groups in total. The summed E-state index contributed by atoms with van der Waals surface area (Å²) in [5.41, 5.74) is 6.32. The van der Waals surface area contributed by atoms with E-state index in [0.717, 1.165) is 43.8 Å². The monoisotopic (exact) mass is 381 g/mol. The van der Waals surface area contributed by atoms with Crippen molar-refractivity contribution in [3.05, 3.63) is 48.2 Å². The maximum Gasteiger partial charge on any atom is 0.274 e. The molecule has 3 heterocycles. The fourth-order valence-electron chi connectivity index (χ4n) is 3.88. The van der Waals surface area contributed by atoms with Crippen LogP contribution < -0.4 is 15.4 Å². The summed E-state index contributed by atoms with van der Waals surface area (Å²) in [6.07, 6.45) is 3.84. The van der Waals surface area contributed by atoms with Crippen molar-refractivity contribution in [1.82, 2.24) is 15.1 Å². The van der Waals surface area contributed by atoms with Gasteiger partial charge < -0.3 is 20.3 Å². The molecule has 7 heteroatoms. The molecule has 7 nitrogen and oxygen atoms in total. The van der Waals surface area contributed by atoms with E-state index in [4.69, 9.17) is 10.5 Å². The minimum atomic E-state index is -0.0590. The molecule has 0 radical (unpaired) electrons. The fourth-order valence-corrected chi connectivity index (χ4v) is 3.88. The third-order valence-electron chi connectivity index (χ3n) is 5.55. The van der Waals surface area contributed by atoms with E-state index in [2.05, 4.69) is 15.1 Å². The zero-order chi connectivity index (χ0) is 19.3. The molecule has 1 aromatic carbocycles. The Morgan fingerprint density at radius 2 is 1.82 bits per heavy atom. The van der Waals surface area contributed by atoms with Gasteiger partial charge in [-0.1, -0.05) is 18.2 Å². The second-order valence-corrected chi connectivity index (χ2v) is 7.52. The highest BCUT2D eigenvalue weighted by Crippen LogP contribution is 2.24. The lowest BCUT2D eigenvalue weighted by atomic mass is 10.1. The summed E-state index contributed by atoms with van der Waals surface area (Å²) in [5.74, 6) is 1.62. The van der Waals surface area contributed by atoms with Crippen molar-refractivity contribution in [2.75, 3.05) is 31.1 Å². The molecule has 2 aliphatic rings. The number of anilines is 1. The highest BCUT2D eigenvalue weighted by Gasteiger charge is 2.28. The Labute approximate surface area is 165 Å². The minimum Gasteiger partial charge on any atom is -0.491 e. The first-order chi connectivity index (χ1) is 13.7. The summed E-state index contributed by atoms with van der Waals surface area (Å²) in [5, 5.41) is 8.56. The van der Waals surface area contributed by atoms with Crippen molar-refractivity contribution >= 4 is 11.7 Å². The third kappa shape index (κ3) is 4.25. The van der Waals surface area contributed by atoms with Crippen LogP contribution in [0.1, 0.15) is 36.2 Å². The maximum absolute atomic E-state index is 12.6. The number of hydrogen-bond acceptors (Lipinski definition) is 6. The van der Waals surface area contributed by atoms with Crippen LogP contribution in [0.3, 0.4) is 0 Å². The Kier molecular flexibility index (Phi) is 5.71. The molecule has 2 aromatic rings. The molecule has 2 fully saturated rings. The van der Waals surface area contributed by atoms with Gasteiger partial charge in [-0.25, -0.2) is 0 Å². The highest BCUT2D eigenvalue weighted by molar-refractivity contribution is 5.92. The molecule has 0 aliphatic carbocycles. The second kappa shape index (κ2) is 8.56. The number of carbonyl (C=O) groups is 1. The lowest BCUT2D eigenvalue weighted by Crippen LogP contribution is -2.43. The molecule has 1 atom stereocenters. The van der Waals surface area contributed by atoms with Gasteiger partial charge in [0.25, 0.3) is 5.91 Å². The first kappa shape index (κ1) is 18.7. The fraction of sp³-hybridized carbons (Fsp3) is 0.476. The Balaban J connectivity index is 1.37. The normalized spacial score (nSPS) is 20.4. The van der Waals surface area contributed by atoms with Gasteiger partial charge in [0, 0.05) is 25.7 Å². The number of aromatic nitrogens is 2. The molecule has 28 heavy (non-hydrogen) atoms. The smallest absolute Gasteiger partial charge is 0.274 e. The maximum atomic E-state index is 12.6. The van der Waals surface area contributed by atoms with E-state index < -0.39 is 0 Å². The van der Waals surface area contributed by atoms with Crippen LogP contribution in [0.5, 0.6) is 5.75 Å². The van der Waals surface area contributed by atoms with E-state index in [-0.39, 0.29) is 18.0 Å². The highest BCUT2D eigenvalue weighted by atomic mass is 16.5. The number of nitrogens with zero attached hydrogens (tertiary/aromatic N) is 4. The molecule has 2 aliphatic heterocycles. The molecular formula is C21H27N5O2. The SMILES string of the molecule is NC1CCN(C(=O)c2ccc(N3CCC[C@H]3COc3ccccc3)nn2)CC1. The Bertz CT molecular complexity index is 775. The molecule has 4 rings (SSSR count). The Hall–Kier alpha value is -2.67.